The third kappa shape index (κ3) is 3.68. The predicted octanol–water partition coefficient (Wildman–Crippen LogP) is 2.55. The molecule has 1 rings (SSSR count). The maximum atomic E-state index is 11.7. The standard InChI is InChI=1S/C12H20N2O2/c1-3-4-5-6-7-8-10(15)11-9(2)13-12(16)14-11/h3-8H2,1-2H3,(H2,13,14,16). The van der Waals surface area contributed by atoms with Gasteiger partial charge in [-0.2, -0.15) is 0 Å². The minimum atomic E-state index is -0.299. The van der Waals surface area contributed by atoms with Gasteiger partial charge in [-0.1, -0.05) is 32.6 Å². The molecule has 16 heavy (non-hydrogen) atoms. The zero-order valence-corrected chi connectivity index (χ0v) is 10.1. The number of aromatic nitrogens is 2. The van der Waals surface area contributed by atoms with Crippen LogP contribution in [0.2, 0.25) is 0 Å². The van der Waals surface area contributed by atoms with Crippen LogP contribution in [0.1, 0.15) is 61.6 Å². The fraction of sp³-hybridized carbons (Fsp3) is 0.667. The van der Waals surface area contributed by atoms with Gasteiger partial charge in [0, 0.05) is 12.1 Å². The van der Waals surface area contributed by atoms with Crippen molar-refractivity contribution in [2.75, 3.05) is 0 Å². The molecule has 0 atom stereocenters. The Hall–Kier alpha value is -1.32. The number of unbranched alkanes of at least 4 members (excludes halogenated alkanes) is 4. The Morgan fingerprint density at radius 1 is 1.12 bits per heavy atom. The van der Waals surface area contributed by atoms with Crippen LogP contribution in [0, 0.1) is 6.92 Å². The maximum absolute atomic E-state index is 11.7. The van der Waals surface area contributed by atoms with Gasteiger partial charge in [-0.05, 0) is 13.3 Å². The van der Waals surface area contributed by atoms with E-state index < -0.39 is 0 Å². The first-order chi connectivity index (χ1) is 7.65. The van der Waals surface area contributed by atoms with Gasteiger partial charge in [0.2, 0.25) is 0 Å². The van der Waals surface area contributed by atoms with Crippen LogP contribution in [0.15, 0.2) is 4.79 Å². The molecule has 4 heteroatoms. The van der Waals surface area contributed by atoms with Crippen LogP contribution in [-0.4, -0.2) is 15.8 Å². The lowest BCUT2D eigenvalue weighted by atomic mass is 10.1. The molecule has 0 amide bonds. The molecule has 0 aromatic carbocycles. The van der Waals surface area contributed by atoms with E-state index in [1.54, 1.807) is 6.92 Å². The highest BCUT2D eigenvalue weighted by molar-refractivity contribution is 5.95. The summed E-state index contributed by atoms with van der Waals surface area (Å²) in [5.74, 6) is 0.0346. The van der Waals surface area contributed by atoms with Crippen LogP contribution in [0.3, 0.4) is 0 Å². The number of ketones is 1. The van der Waals surface area contributed by atoms with E-state index >= 15 is 0 Å². The molecule has 0 saturated carbocycles. The molecule has 0 radical (unpaired) electrons. The summed E-state index contributed by atoms with van der Waals surface area (Å²) in [5.41, 5.74) is 0.788. The summed E-state index contributed by atoms with van der Waals surface area (Å²) in [6.07, 6.45) is 6.15. The molecule has 1 heterocycles. The maximum Gasteiger partial charge on any atom is 0.323 e. The zero-order chi connectivity index (χ0) is 12.0. The SMILES string of the molecule is CCCCCCCC(=O)c1[nH]c(=O)[nH]c1C. The predicted molar refractivity (Wildman–Crippen MR) is 63.9 cm³/mol. The highest BCUT2D eigenvalue weighted by atomic mass is 16.1. The Morgan fingerprint density at radius 2 is 1.81 bits per heavy atom. The van der Waals surface area contributed by atoms with E-state index in [0.29, 0.717) is 17.8 Å². The van der Waals surface area contributed by atoms with Gasteiger partial charge in [-0.3, -0.25) is 4.79 Å². The number of hydrogen-bond donors (Lipinski definition) is 2. The lowest BCUT2D eigenvalue weighted by Gasteiger charge is -1.99. The molecule has 0 spiro atoms. The molecule has 2 N–H and O–H groups in total. The minimum absolute atomic E-state index is 0.0346. The summed E-state index contributed by atoms with van der Waals surface area (Å²) in [5, 5.41) is 0. The van der Waals surface area contributed by atoms with Gasteiger partial charge < -0.3 is 9.97 Å². The monoisotopic (exact) mass is 224 g/mol. The number of Topliss-reactive ketones (excluding diaryl/α,β-unsaturated/α-hetero) is 1. The summed E-state index contributed by atoms with van der Waals surface area (Å²) >= 11 is 0. The Bertz CT molecular complexity index is 390. The second-order valence-corrected chi connectivity index (χ2v) is 4.17. The highest BCUT2D eigenvalue weighted by Gasteiger charge is 2.11. The molecule has 4 nitrogen and oxygen atoms in total. The number of nitrogens with one attached hydrogen (secondary N) is 2. The summed E-state index contributed by atoms with van der Waals surface area (Å²) < 4.78 is 0. The first kappa shape index (κ1) is 12.7. The van der Waals surface area contributed by atoms with Crippen molar-refractivity contribution in [1.82, 2.24) is 9.97 Å². The average molecular weight is 224 g/mol. The van der Waals surface area contributed by atoms with E-state index in [-0.39, 0.29) is 11.5 Å². The van der Waals surface area contributed by atoms with Crippen molar-refractivity contribution in [1.29, 1.82) is 0 Å². The molecule has 1 aromatic heterocycles. The highest BCUT2D eigenvalue weighted by Crippen LogP contribution is 2.09. The number of rotatable bonds is 7. The van der Waals surface area contributed by atoms with Gasteiger partial charge in [0.05, 0.1) is 0 Å². The van der Waals surface area contributed by atoms with Crippen molar-refractivity contribution in [3.63, 3.8) is 0 Å². The van der Waals surface area contributed by atoms with E-state index in [9.17, 15) is 9.59 Å². The first-order valence-corrected chi connectivity index (χ1v) is 5.97. The fourth-order valence-electron chi connectivity index (χ4n) is 1.76. The molecule has 0 aliphatic heterocycles. The van der Waals surface area contributed by atoms with Gasteiger partial charge in [0.25, 0.3) is 0 Å². The molecule has 0 aliphatic carbocycles. The second kappa shape index (κ2) is 6.30. The van der Waals surface area contributed by atoms with Crippen molar-refractivity contribution >= 4 is 5.78 Å². The van der Waals surface area contributed by atoms with Crippen molar-refractivity contribution in [3.8, 4) is 0 Å². The molecule has 0 bridgehead atoms. The van der Waals surface area contributed by atoms with Crippen LogP contribution in [0.4, 0.5) is 0 Å². The third-order valence-corrected chi connectivity index (χ3v) is 2.70. The van der Waals surface area contributed by atoms with Crippen LogP contribution in [0.25, 0.3) is 0 Å². The Kier molecular flexibility index (Phi) is 5.02. The topological polar surface area (TPSA) is 65.7 Å². The van der Waals surface area contributed by atoms with Crippen LogP contribution in [-0.2, 0) is 0 Å². The van der Waals surface area contributed by atoms with E-state index in [1.165, 1.54) is 19.3 Å². The normalized spacial score (nSPS) is 10.6. The number of imidazole rings is 1. The number of carbonyl (C=O) groups is 1. The third-order valence-electron chi connectivity index (χ3n) is 2.70. The number of aromatic amines is 2. The first-order valence-electron chi connectivity index (χ1n) is 5.97. The summed E-state index contributed by atoms with van der Waals surface area (Å²) in [7, 11) is 0. The number of carbonyl (C=O) groups excluding carboxylic acids is 1. The molecule has 0 fully saturated rings. The zero-order valence-electron chi connectivity index (χ0n) is 10.1. The second-order valence-electron chi connectivity index (χ2n) is 4.17. The molecule has 90 valence electrons. The molecular weight excluding hydrogens is 204 g/mol. The van der Waals surface area contributed by atoms with Gasteiger partial charge in [0.15, 0.2) is 5.78 Å². The van der Waals surface area contributed by atoms with Crippen molar-refractivity contribution < 1.29 is 4.79 Å². The van der Waals surface area contributed by atoms with E-state index in [4.69, 9.17) is 0 Å². The Morgan fingerprint density at radius 3 is 2.38 bits per heavy atom. The largest absolute Gasteiger partial charge is 0.323 e. The summed E-state index contributed by atoms with van der Waals surface area (Å²) in [4.78, 5) is 27.8. The molecule has 1 aromatic rings. The Balaban J connectivity index is 2.35. The quantitative estimate of drug-likeness (QED) is 0.552. The van der Waals surface area contributed by atoms with E-state index in [2.05, 4.69) is 16.9 Å². The number of aryl methyl sites for hydroxylation is 1. The van der Waals surface area contributed by atoms with Crippen LogP contribution in [0.5, 0.6) is 0 Å². The van der Waals surface area contributed by atoms with Crippen molar-refractivity contribution in [2.45, 2.75) is 52.4 Å². The van der Waals surface area contributed by atoms with Crippen molar-refractivity contribution in [2.24, 2.45) is 0 Å². The number of H-pyrrole nitrogens is 2. The van der Waals surface area contributed by atoms with E-state index in [0.717, 1.165) is 12.8 Å². The molecular formula is C12H20N2O2. The van der Waals surface area contributed by atoms with Gasteiger partial charge >= 0.3 is 5.69 Å². The van der Waals surface area contributed by atoms with Crippen LogP contribution >= 0.6 is 0 Å². The van der Waals surface area contributed by atoms with Gasteiger partial charge in [0.1, 0.15) is 5.69 Å². The molecule has 0 unspecified atom stereocenters. The molecule has 0 aliphatic rings. The van der Waals surface area contributed by atoms with Crippen LogP contribution < -0.4 is 5.69 Å². The smallest absolute Gasteiger partial charge is 0.310 e. The number of hydrogen-bond acceptors (Lipinski definition) is 2. The summed E-state index contributed by atoms with van der Waals surface area (Å²) in [6.45, 7) is 3.90. The van der Waals surface area contributed by atoms with Gasteiger partial charge in [-0.15, -0.1) is 0 Å². The van der Waals surface area contributed by atoms with E-state index in [1.807, 2.05) is 0 Å². The Labute approximate surface area is 95.5 Å². The van der Waals surface area contributed by atoms with Crippen molar-refractivity contribution in [3.05, 3.63) is 21.9 Å². The van der Waals surface area contributed by atoms with Gasteiger partial charge in [-0.25, -0.2) is 4.79 Å². The fourth-order valence-corrected chi connectivity index (χ4v) is 1.76. The molecule has 0 saturated heterocycles. The lowest BCUT2D eigenvalue weighted by Crippen LogP contribution is -2.05. The average Bonchev–Trinajstić information content (AvgIpc) is 2.57. The summed E-state index contributed by atoms with van der Waals surface area (Å²) in [6, 6.07) is 0. The lowest BCUT2D eigenvalue weighted by molar-refractivity contribution is 0.0974. The minimum Gasteiger partial charge on any atom is -0.310 e.